The van der Waals surface area contributed by atoms with Gasteiger partial charge in [-0.2, -0.15) is 5.10 Å². The van der Waals surface area contributed by atoms with Gasteiger partial charge in [0.15, 0.2) is 0 Å². The van der Waals surface area contributed by atoms with Gasteiger partial charge in [-0.3, -0.25) is 9.48 Å². The summed E-state index contributed by atoms with van der Waals surface area (Å²) in [5.74, 6) is 0.0261. The van der Waals surface area contributed by atoms with Gasteiger partial charge in [-0.25, -0.2) is 0 Å². The van der Waals surface area contributed by atoms with E-state index in [9.17, 15) is 9.59 Å². The normalized spacial score (nSPS) is 10.9. The SMILES string of the molecule is CC(=O)CCCCn1cc(NC(=O)/C=C/c2ccccc2C)cn1. The topological polar surface area (TPSA) is 64.0 Å². The highest BCUT2D eigenvalue weighted by Gasteiger charge is 2.02. The van der Waals surface area contributed by atoms with Crippen molar-refractivity contribution in [2.24, 2.45) is 0 Å². The number of nitrogens with one attached hydrogen (secondary N) is 1. The van der Waals surface area contributed by atoms with Crippen LogP contribution < -0.4 is 5.32 Å². The quantitative estimate of drug-likeness (QED) is 0.596. The molecule has 1 aromatic heterocycles. The van der Waals surface area contributed by atoms with E-state index < -0.39 is 0 Å². The van der Waals surface area contributed by atoms with Gasteiger partial charge in [0.2, 0.25) is 5.91 Å². The molecule has 0 fully saturated rings. The van der Waals surface area contributed by atoms with E-state index in [1.165, 1.54) is 6.08 Å². The Bertz CT molecular complexity index is 732. The van der Waals surface area contributed by atoms with Crippen molar-refractivity contribution < 1.29 is 9.59 Å². The second kappa shape index (κ2) is 8.82. The number of hydrogen-bond acceptors (Lipinski definition) is 3. The minimum Gasteiger partial charge on any atom is -0.320 e. The average Bonchev–Trinajstić information content (AvgIpc) is 2.98. The molecule has 126 valence electrons. The Morgan fingerprint density at radius 1 is 1.25 bits per heavy atom. The lowest BCUT2D eigenvalue weighted by Crippen LogP contribution is -2.07. The van der Waals surface area contributed by atoms with Gasteiger partial charge < -0.3 is 10.1 Å². The first-order valence-corrected chi connectivity index (χ1v) is 8.11. The van der Waals surface area contributed by atoms with E-state index >= 15 is 0 Å². The highest BCUT2D eigenvalue weighted by atomic mass is 16.1. The summed E-state index contributed by atoms with van der Waals surface area (Å²) >= 11 is 0. The number of carbonyl (C=O) groups is 2. The van der Waals surface area contributed by atoms with Gasteiger partial charge >= 0.3 is 0 Å². The monoisotopic (exact) mass is 325 g/mol. The first-order valence-electron chi connectivity index (χ1n) is 8.11. The van der Waals surface area contributed by atoms with Gasteiger partial charge in [0.05, 0.1) is 11.9 Å². The molecule has 0 bridgehead atoms. The number of nitrogens with zero attached hydrogens (tertiary/aromatic N) is 2. The third kappa shape index (κ3) is 5.83. The zero-order valence-electron chi connectivity index (χ0n) is 14.2. The Balaban J connectivity index is 1.82. The molecule has 0 saturated carbocycles. The first kappa shape index (κ1) is 17.7. The second-order valence-electron chi connectivity index (χ2n) is 5.83. The fraction of sp³-hybridized carbons (Fsp3) is 0.316. The Labute approximate surface area is 142 Å². The number of Topliss-reactive ketones (excluding diaryl/α,β-unsaturated/α-hetero) is 1. The van der Waals surface area contributed by atoms with Crippen molar-refractivity contribution in [1.82, 2.24) is 9.78 Å². The minimum atomic E-state index is -0.186. The summed E-state index contributed by atoms with van der Waals surface area (Å²) < 4.78 is 1.78. The molecule has 0 aliphatic carbocycles. The Morgan fingerprint density at radius 3 is 2.79 bits per heavy atom. The smallest absolute Gasteiger partial charge is 0.248 e. The van der Waals surface area contributed by atoms with Gasteiger partial charge in [-0.15, -0.1) is 0 Å². The molecule has 2 rings (SSSR count). The van der Waals surface area contributed by atoms with E-state index in [1.807, 2.05) is 31.2 Å². The summed E-state index contributed by atoms with van der Waals surface area (Å²) in [7, 11) is 0. The Hall–Kier alpha value is -2.69. The standard InChI is InChI=1S/C19H23N3O2/c1-15-7-3-4-9-17(15)10-11-19(24)21-18-13-20-22(14-18)12-6-5-8-16(2)23/h3-4,7,9-11,13-14H,5-6,8,12H2,1-2H3,(H,21,24)/b11-10+. The van der Waals surface area contributed by atoms with Gasteiger partial charge in [-0.05, 0) is 43.9 Å². The maximum Gasteiger partial charge on any atom is 0.248 e. The van der Waals surface area contributed by atoms with Crippen molar-refractivity contribution in [2.45, 2.75) is 39.7 Å². The number of hydrogen-bond donors (Lipinski definition) is 1. The van der Waals surface area contributed by atoms with Gasteiger partial charge in [0, 0.05) is 25.2 Å². The molecule has 2 aromatic rings. The fourth-order valence-electron chi connectivity index (χ4n) is 2.32. The fourth-order valence-corrected chi connectivity index (χ4v) is 2.32. The van der Waals surface area contributed by atoms with Crippen molar-refractivity contribution in [2.75, 3.05) is 5.32 Å². The number of benzene rings is 1. The number of carbonyl (C=O) groups excluding carboxylic acids is 2. The highest BCUT2D eigenvalue weighted by Crippen LogP contribution is 2.10. The molecule has 5 nitrogen and oxygen atoms in total. The molecule has 0 saturated heterocycles. The largest absolute Gasteiger partial charge is 0.320 e. The number of ketones is 1. The van der Waals surface area contributed by atoms with Crippen LogP contribution in [0.2, 0.25) is 0 Å². The van der Waals surface area contributed by atoms with Crippen LogP contribution in [0.1, 0.15) is 37.3 Å². The van der Waals surface area contributed by atoms with E-state index in [2.05, 4.69) is 10.4 Å². The Morgan fingerprint density at radius 2 is 2.04 bits per heavy atom. The lowest BCUT2D eigenvalue weighted by Gasteiger charge is -2.01. The van der Waals surface area contributed by atoms with E-state index in [0.717, 1.165) is 30.5 Å². The van der Waals surface area contributed by atoms with Crippen LogP contribution in [-0.2, 0) is 16.1 Å². The molecule has 0 aliphatic heterocycles. The number of unbranched alkanes of at least 4 members (excludes halogenated alkanes) is 1. The number of amides is 1. The molecule has 1 amide bonds. The summed E-state index contributed by atoms with van der Waals surface area (Å²) in [6.45, 7) is 4.35. The third-order valence-corrected chi connectivity index (χ3v) is 3.67. The molecule has 0 aliphatic rings. The minimum absolute atomic E-state index is 0.186. The zero-order chi connectivity index (χ0) is 17.4. The van der Waals surface area contributed by atoms with E-state index in [4.69, 9.17) is 0 Å². The van der Waals surface area contributed by atoms with Crippen LogP contribution >= 0.6 is 0 Å². The van der Waals surface area contributed by atoms with Crippen LogP contribution in [0.25, 0.3) is 6.08 Å². The summed E-state index contributed by atoms with van der Waals surface area (Å²) in [6, 6.07) is 7.89. The van der Waals surface area contributed by atoms with E-state index in [-0.39, 0.29) is 11.7 Å². The van der Waals surface area contributed by atoms with Crippen LogP contribution in [0.5, 0.6) is 0 Å². The highest BCUT2D eigenvalue weighted by molar-refractivity contribution is 6.01. The van der Waals surface area contributed by atoms with Crippen LogP contribution in [0, 0.1) is 6.92 Å². The van der Waals surface area contributed by atoms with Crippen LogP contribution in [0.15, 0.2) is 42.7 Å². The molecule has 0 atom stereocenters. The number of aryl methyl sites for hydroxylation is 2. The molecule has 0 radical (unpaired) electrons. The van der Waals surface area contributed by atoms with Crippen molar-refractivity contribution in [3.05, 3.63) is 53.9 Å². The summed E-state index contributed by atoms with van der Waals surface area (Å²) in [5.41, 5.74) is 2.81. The average molecular weight is 325 g/mol. The molecular formula is C19H23N3O2. The predicted molar refractivity (Wildman–Crippen MR) is 95.6 cm³/mol. The Kier molecular flexibility index (Phi) is 6.49. The molecule has 0 unspecified atom stereocenters. The molecule has 1 heterocycles. The van der Waals surface area contributed by atoms with Crippen molar-refractivity contribution in [1.29, 1.82) is 0 Å². The second-order valence-corrected chi connectivity index (χ2v) is 5.83. The number of rotatable bonds is 8. The maximum absolute atomic E-state index is 12.0. The summed E-state index contributed by atoms with van der Waals surface area (Å²) in [6.07, 6.45) is 9.10. The first-order chi connectivity index (χ1) is 11.5. The zero-order valence-corrected chi connectivity index (χ0v) is 14.2. The molecular weight excluding hydrogens is 302 g/mol. The van der Waals surface area contributed by atoms with Crippen molar-refractivity contribution in [3.8, 4) is 0 Å². The van der Waals surface area contributed by atoms with E-state index in [0.29, 0.717) is 12.1 Å². The van der Waals surface area contributed by atoms with E-state index in [1.54, 1.807) is 30.1 Å². The lowest BCUT2D eigenvalue weighted by atomic mass is 10.1. The lowest BCUT2D eigenvalue weighted by molar-refractivity contribution is -0.117. The summed E-state index contributed by atoms with van der Waals surface area (Å²) in [5, 5.41) is 7.01. The predicted octanol–water partition coefficient (Wildman–Crippen LogP) is 3.60. The van der Waals surface area contributed by atoms with Gasteiger partial charge in [-0.1, -0.05) is 24.3 Å². The molecule has 1 N–H and O–H groups in total. The third-order valence-electron chi connectivity index (χ3n) is 3.67. The van der Waals surface area contributed by atoms with Crippen LogP contribution in [0.3, 0.4) is 0 Å². The molecule has 5 heteroatoms. The molecule has 24 heavy (non-hydrogen) atoms. The van der Waals surface area contributed by atoms with Crippen LogP contribution in [0.4, 0.5) is 5.69 Å². The van der Waals surface area contributed by atoms with Gasteiger partial charge in [0.25, 0.3) is 0 Å². The van der Waals surface area contributed by atoms with Crippen molar-refractivity contribution in [3.63, 3.8) is 0 Å². The summed E-state index contributed by atoms with van der Waals surface area (Å²) in [4.78, 5) is 22.9. The molecule has 0 spiro atoms. The van der Waals surface area contributed by atoms with Crippen molar-refractivity contribution >= 4 is 23.5 Å². The molecule has 1 aromatic carbocycles. The maximum atomic E-state index is 12.0. The number of aromatic nitrogens is 2. The number of anilines is 1. The van der Waals surface area contributed by atoms with Gasteiger partial charge in [0.1, 0.15) is 5.78 Å². The van der Waals surface area contributed by atoms with Crippen LogP contribution in [-0.4, -0.2) is 21.5 Å².